The van der Waals surface area contributed by atoms with Gasteiger partial charge in [0.15, 0.2) is 0 Å². The van der Waals surface area contributed by atoms with Crippen LogP contribution in [0.1, 0.15) is 19.4 Å². The van der Waals surface area contributed by atoms with Crippen LogP contribution in [0.15, 0.2) is 18.2 Å². The second-order valence-corrected chi connectivity index (χ2v) is 4.32. The van der Waals surface area contributed by atoms with E-state index in [4.69, 9.17) is 5.84 Å². The summed E-state index contributed by atoms with van der Waals surface area (Å²) in [5, 5.41) is 3.00. The minimum atomic E-state index is -0.497. The lowest BCUT2D eigenvalue weighted by Crippen LogP contribution is -2.40. The summed E-state index contributed by atoms with van der Waals surface area (Å²) in [5.41, 5.74) is 2.30. The van der Waals surface area contributed by atoms with Crippen molar-refractivity contribution in [2.75, 3.05) is 13.2 Å². The maximum Gasteiger partial charge on any atom is 0.127 e. The monoisotopic (exact) mass is 229 g/mol. The molecule has 1 rings (SSSR count). The molecule has 0 amide bonds. The molecule has 1 aromatic carbocycles. The van der Waals surface area contributed by atoms with Gasteiger partial charge in [0.05, 0.1) is 6.67 Å². The van der Waals surface area contributed by atoms with Gasteiger partial charge < -0.3 is 5.32 Å². The van der Waals surface area contributed by atoms with Gasteiger partial charge in [-0.15, -0.1) is 0 Å². The maximum absolute atomic E-state index is 13.5. The lowest BCUT2D eigenvalue weighted by Gasteiger charge is -2.26. The molecule has 0 aliphatic rings. The third-order valence-electron chi connectivity index (χ3n) is 2.45. The lowest BCUT2D eigenvalue weighted by atomic mass is 9.84. The Labute approximate surface area is 94.0 Å². The number of rotatable bonds is 5. The Kier molecular flexibility index (Phi) is 4.35. The summed E-state index contributed by atoms with van der Waals surface area (Å²) in [6.45, 7) is 4.60. The van der Waals surface area contributed by atoms with Crippen molar-refractivity contribution < 1.29 is 8.78 Å². The first-order valence-electron chi connectivity index (χ1n) is 5.07. The summed E-state index contributed by atoms with van der Waals surface area (Å²) in [7, 11) is 0. The van der Waals surface area contributed by atoms with Crippen molar-refractivity contribution in [1.29, 1.82) is 0 Å². The molecule has 0 aromatic heterocycles. The Morgan fingerprint density at radius 3 is 2.62 bits per heavy atom. The second kappa shape index (κ2) is 5.34. The Morgan fingerprint density at radius 2 is 2.00 bits per heavy atom. The molecule has 0 aliphatic heterocycles. The van der Waals surface area contributed by atoms with E-state index in [9.17, 15) is 8.78 Å². The fourth-order valence-electron chi connectivity index (χ4n) is 1.56. The van der Waals surface area contributed by atoms with Crippen molar-refractivity contribution in [3.63, 3.8) is 0 Å². The average molecular weight is 229 g/mol. The van der Waals surface area contributed by atoms with Gasteiger partial charge in [-0.05, 0) is 23.8 Å². The standard InChI is InChI=1S/C11H17F2N3/c1-11(2,6-15-7-16-14)9-5-8(12)3-4-10(9)13/h3-5,15-16H,6-7,14H2,1-2H3. The molecule has 1 aromatic rings. The Morgan fingerprint density at radius 1 is 1.31 bits per heavy atom. The van der Waals surface area contributed by atoms with E-state index in [1.807, 2.05) is 13.8 Å². The van der Waals surface area contributed by atoms with Crippen molar-refractivity contribution in [3.8, 4) is 0 Å². The third-order valence-corrected chi connectivity index (χ3v) is 2.45. The van der Waals surface area contributed by atoms with Gasteiger partial charge in [-0.3, -0.25) is 5.84 Å². The molecule has 0 saturated carbocycles. The molecule has 0 fully saturated rings. The molecule has 0 radical (unpaired) electrons. The number of hydrogen-bond acceptors (Lipinski definition) is 3. The molecule has 0 atom stereocenters. The normalized spacial score (nSPS) is 11.8. The van der Waals surface area contributed by atoms with E-state index in [1.54, 1.807) is 0 Å². The number of halogens is 2. The zero-order valence-corrected chi connectivity index (χ0v) is 9.48. The first kappa shape index (κ1) is 13.0. The molecule has 16 heavy (non-hydrogen) atoms. The van der Waals surface area contributed by atoms with Gasteiger partial charge in [0, 0.05) is 12.0 Å². The van der Waals surface area contributed by atoms with Crippen LogP contribution in [0.5, 0.6) is 0 Å². The van der Waals surface area contributed by atoms with Crippen molar-refractivity contribution in [1.82, 2.24) is 10.7 Å². The Hall–Kier alpha value is -1.04. The summed E-state index contributed by atoms with van der Waals surface area (Å²) in [5.74, 6) is 4.28. The number of hydrogen-bond donors (Lipinski definition) is 3. The van der Waals surface area contributed by atoms with Crippen LogP contribution < -0.4 is 16.6 Å². The molecular formula is C11H17F2N3. The van der Waals surface area contributed by atoms with Crippen molar-refractivity contribution in [2.24, 2.45) is 5.84 Å². The van der Waals surface area contributed by atoms with Crippen LogP contribution in [0.25, 0.3) is 0 Å². The summed E-state index contributed by atoms with van der Waals surface area (Å²) in [6.07, 6.45) is 0. The van der Waals surface area contributed by atoms with Crippen molar-refractivity contribution in [3.05, 3.63) is 35.4 Å². The van der Waals surface area contributed by atoms with Crippen molar-refractivity contribution >= 4 is 0 Å². The third kappa shape index (κ3) is 3.23. The van der Waals surface area contributed by atoms with Gasteiger partial charge >= 0.3 is 0 Å². The van der Waals surface area contributed by atoms with Gasteiger partial charge in [-0.25, -0.2) is 14.2 Å². The van der Waals surface area contributed by atoms with Gasteiger partial charge in [-0.1, -0.05) is 13.8 Å². The largest absolute Gasteiger partial charge is 0.303 e. The van der Waals surface area contributed by atoms with E-state index in [2.05, 4.69) is 10.7 Å². The summed E-state index contributed by atoms with van der Waals surface area (Å²) in [4.78, 5) is 0. The lowest BCUT2D eigenvalue weighted by molar-refractivity contribution is 0.431. The Balaban J connectivity index is 2.83. The van der Waals surface area contributed by atoms with Gasteiger partial charge in [0.2, 0.25) is 0 Å². The highest BCUT2D eigenvalue weighted by Gasteiger charge is 2.24. The summed E-state index contributed by atoms with van der Waals surface area (Å²) >= 11 is 0. The molecule has 4 N–H and O–H groups in total. The Bertz CT molecular complexity index is 353. The summed E-state index contributed by atoms with van der Waals surface area (Å²) < 4.78 is 26.6. The zero-order valence-electron chi connectivity index (χ0n) is 9.48. The van der Waals surface area contributed by atoms with Crippen LogP contribution in [0.2, 0.25) is 0 Å². The van der Waals surface area contributed by atoms with Crippen LogP contribution >= 0.6 is 0 Å². The zero-order chi connectivity index (χ0) is 12.2. The van der Waals surface area contributed by atoms with E-state index < -0.39 is 17.0 Å². The highest BCUT2D eigenvalue weighted by Crippen LogP contribution is 2.25. The summed E-state index contributed by atoms with van der Waals surface area (Å²) in [6, 6.07) is 3.49. The SMILES string of the molecule is CC(C)(CNCNN)c1cc(F)ccc1F. The molecule has 0 aliphatic carbocycles. The van der Waals surface area contributed by atoms with Gasteiger partial charge in [-0.2, -0.15) is 0 Å². The van der Waals surface area contributed by atoms with E-state index >= 15 is 0 Å². The number of nitrogens with two attached hydrogens (primary N) is 1. The minimum absolute atomic E-state index is 0.358. The number of nitrogens with one attached hydrogen (secondary N) is 2. The highest BCUT2D eigenvalue weighted by atomic mass is 19.1. The van der Waals surface area contributed by atoms with E-state index in [0.717, 1.165) is 12.1 Å². The van der Waals surface area contributed by atoms with E-state index in [0.29, 0.717) is 18.8 Å². The van der Waals surface area contributed by atoms with Crippen molar-refractivity contribution in [2.45, 2.75) is 19.3 Å². The molecule has 0 bridgehead atoms. The van der Waals surface area contributed by atoms with Crippen LogP contribution in [-0.2, 0) is 5.41 Å². The molecule has 0 spiro atoms. The first-order valence-corrected chi connectivity index (χ1v) is 5.07. The topological polar surface area (TPSA) is 50.1 Å². The van der Waals surface area contributed by atoms with Crippen LogP contribution in [0.3, 0.4) is 0 Å². The molecule has 5 heteroatoms. The van der Waals surface area contributed by atoms with Crippen LogP contribution in [0, 0.1) is 11.6 Å². The number of hydrazine groups is 1. The van der Waals surface area contributed by atoms with Gasteiger partial charge in [0.25, 0.3) is 0 Å². The molecular weight excluding hydrogens is 212 g/mol. The average Bonchev–Trinajstić information content (AvgIpc) is 2.22. The smallest absolute Gasteiger partial charge is 0.127 e. The fraction of sp³-hybridized carbons (Fsp3) is 0.455. The van der Waals surface area contributed by atoms with Crippen LogP contribution in [0.4, 0.5) is 8.78 Å². The first-order chi connectivity index (χ1) is 7.47. The second-order valence-electron chi connectivity index (χ2n) is 4.32. The predicted octanol–water partition coefficient (Wildman–Crippen LogP) is 1.25. The predicted molar refractivity (Wildman–Crippen MR) is 59.6 cm³/mol. The minimum Gasteiger partial charge on any atom is -0.303 e. The highest BCUT2D eigenvalue weighted by molar-refractivity contribution is 5.26. The van der Waals surface area contributed by atoms with Crippen LogP contribution in [-0.4, -0.2) is 13.2 Å². The fourth-order valence-corrected chi connectivity index (χ4v) is 1.56. The molecule has 3 nitrogen and oxygen atoms in total. The molecule has 0 heterocycles. The quantitative estimate of drug-likeness (QED) is 0.308. The molecule has 90 valence electrons. The number of benzene rings is 1. The van der Waals surface area contributed by atoms with Gasteiger partial charge in [0.1, 0.15) is 11.6 Å². The molecule has 0 saturated heterocycles. The van der Waals surface area contributed by atoms with E-state index in [1.165, 1.54) is 6.07 Å². The van der Waals surface area contributed by atoms with E-state index in [-0.39, 0.29) is 0 Å². The molecule has 0 unspecified atom stereocenters. The maximum atomic E-state index is 13.5.